The molecule has 2 rings (SSSR count). The molecule has 0 aliphatic carbocycles. The van der Waals surface area contributed by atoms with Gasteiger partial charge < -0.3 is 10.2 Å². The zero-order valence-corrected chi connectivity index (χ0v) is 16.1. The van der Waals surface area contributed by atoms with Gasteiger partial charge in [0.15, 0.2) is 4.90 Å². The number of rotatable bonds is 4. The number of hydrogen-bond acceptors (Lipinski definition) is 8. The van der Waals surface area contributed by atoms with Crippen molar-refractivity contribution in [2.24, 2.45) is 0 Å². The van der Waals surface area contributed by atoms with Crippen LogP contribution in [0.15, 0.2) is 29.2 Å². The van der Waals surface area contributed by atoms with Crippen molar-refractivity contribution in [1.82, 2.24) is 8.61 Å². The highest BCUT2D eigenvalue weighted by Crippen LogP contribution is 2.27. The van der Waals surface area contributed by atoms with E-state index in [1.54, 1.807) is 0 Å². The van der Waals surface area contributed by atoms with Gasteiger partial charge in [-0.15, -0.1) is 0 Å². The molecular weight excluding hydrogens is 422 g/mol. The summed E-state index contributed by atoms with van der Waals surface area (Å²) in [5.41, 5.74) is -0.493. The molecule has 1 aromatic carbocycles. The zero-order valence-electron chi connectivity index (χ0n) is 14.5. The molecule has 0 aromatic heterocycles. The minimum Gasteiger partial charge on any atom is -0.473 e. The summed E-state index contributed by atoms with van der Waals surface area (Å²) in [5.74, 6) is -3.65. The second-order valence-corrected chi connectivity index (χ2v) is 9.29. The van der Waals surface area contributed by atoms with E-state index in [1.807, 2.05) is 0 Å². The van der Waals surface area contributed by atoms with Crippen LogP contribution in [0.3, 0.4) is 0 Å². The Bertz CT molecular complexity index is 954. The number of benzene rings is 1. The Labute approximate surface area is 160 Å². The average molecular weight is 439 g/mol. The molecule has 0 saturated carbocycles. The molecule has 13 nitrogen and oxygen atoms in total. The molecule has 28 heavy (non-hydrogen) atoms. The van der Waals surface area contributed by atoms with Crippen LogP contribution >= 0.6 is 0 Å². The number of para-hydroxylation sites is 1. The van der Waals surface area contributed by atoms with Crippen LogP contribution in [0.5, 0.6) is 0 Å². The molecule has 1 aliphatic heterocycles. The lowest BCUT2D eigenvalue weighted by atomic mass is 10.3. The van der Waals surface area contributed by atoms with Crippen molar-refractivity contribution in [3.63, 3.8) is 0 Å². The summed E-state index contributed by atoms with van der Waals surface area (Å²) in [6, 6.07) is 5.10. The Balaban J connectivity index is 0.000000568. The molecule has 0 atom stereocenters. The van der Waals surface area contributed by atoms with E-state index in [2.05, 4.69) is 0 Å². The van der Waals surface area contributed by atoms with Crippen LogP contribution in [0.4, 0.5) is 5.69 Å². The molecule has 15 heteroatoms. The van der Waals surface area contributed by atoms with Gasteiger partial charge in [-0.1, -0.05) is 12.1 Å². The van der Waals surface area contributed by atoms with Crippen LogP contribution in [0.25, 0.3) is 0 Å². The number of nitro groups is 1. The largest absolute Gasteiger partial charge is 0.473 e. The fourth-order valence-corrected chi connectivity index (χ4v) is 4.61. The third kappa shape index (κ3) is 5.95. The van der Waals surface area contributed by atoms with Gasteiger partial charge in [0.2, 0.25) is 20.0 Å². The monoisotopic (exact) mass is 439 g/mol. The Morgan fingerprint density at radius 1 is 0.964 bits per heavy atom. The lowest BCUT2D eigenvalue weighted by molar-refractivity contribution is -0.387. The number of aliphatic carboxylic acids is 2. The smallest absolute Gasteiger partial charge is 0.414 e. The molecule has 1 saturated heterocycles. The van der Waals surface area contributed by atoms with Gasteiger partial charge in [0, 0.05) is 32.2 Å². The lowest BCUT2D eigenvalue weighted by Crippen LogP contribution is -2.50. The number of carboxylic acids is 2. The number of nitro benzene ring substituents is 1. The van der Waals surface area contributed by atoms with Gasteiger partial charge in [-0.25, -0.2) is 26.4 Å². The Morgan fingerprint density at radius 2 is 1.39 bits per heavy atom. The normalized spacial score (nSPS) is 15.9. The number of sulfonamides is 2. The zero-order chi connectivity index (χ0) is 21.7. The van der Waals surface area contributed by atoms with Gasteiger partial charge in [-0.2, -0.15) is 8.61 Å². The second-order valence-electron chi connectivity index (χ2n) is 5.40. The van der Waals surface area contributed by atoms with E-state index < -0.39 is 42.6 Å². The number of carboxylic acid groups (broad SMARTS) is 2. The molecule has 2 N–H and O–H groups in total. The van der Waals surface area contributed by atoms with Gasteiger partial charge in [0.05, 0.1) is 11.2 Å². The van der Waals surface area contributed by atoms with E-state index in [4.69, 9.17) is 19.8 Å². The first-order chi connectivity index (χ1) is 12.8. The molecule has 1 aromatic rings. The van der Waals surface area contributed by atoms with Crippen LogP contribution in [-0.4, -0.2) is 85.0 Å². The maximum absolute atomic E-state index is 12.5. The van der Waals surface area contributed by atoms with E-state index in [9.17, 15) is 26.9 Å². The van der Waals surface area contributed by atoms with Gasteiger partial charge >= 0.3 is 11.9 Å². The molecule has 0 radical (unpaired) electrons. The van der Waals surface area contributed by atoms with E-state index in [0.717, 1.165) is 16.6 Å². The number of hydrogen-bond donors (Lipinski definition) is 2. The first kappa shape index (κ1) is 23.4. The molecule has 156 valence electrons. The van der Waals surface area contributed by atoms with Gasteiger partial charge in [-0.3, -0.25) is 10.1 Å². The SMILES string of the molecule is CS(=O)(=O)N1CCN(S(=O)(=O)c2ccccc2[N+](=O)[O-])CC1.O=C(O)C(=O)O. The summed E-state index contributed by atoms with van der Waals surface area (Å²) in [5, 5.41) is 25.8. The molecule has 0 bridgehead atoms. The highest BCUT2D eigenvalue weighted by atomic mass is 32.2. The molecule has 0 unspecified atom stereocenters. The van der Waals surface area contributed by atoms with Crippen LogP contribution in [0, 0.1) is 10.1 Å². The number of piperazine rings is 1. The Hall–Kier alpha value is -2.62. The number of carbonyl (C=O) groups is 2. The van der Waals surface area contributed by atoms with E-state index in [0.29, 0.717) is 0 Å². The molecular formula is C13H17N3O10S2. The minimum atomic E-state index is -4.04. The first-order valence-electron chi connectivity index (χ1n) is 7.43. The maximum atomic E-state index is 12.5. The topological polar surface area (TPSA) is 192 Å². The van der Waals surface area contributed by atoms with E-state index in [-0.39, 0.29) is 31.1 Å². The van der Waals surface area contributed by atoms with Crippen molar-refractivity contribution in [2.75, 3.05) is 32.4 Å². The fraction of sp³-hybridized carbons (Fsp3) is 0.385. The Kier molecular flexibility index (Phi) is 7.57. The van der Waals surface area contributed by atoms with Crippen molar-refractivity contribution in [2.45, 2.75) is 4.90 Å². The maximum Gasteiger partial charge on any atom is 0.414 e. The predicted molar refractivity (Wildman–Crippen MR) is 93.5 cm³/mol. The summed E-state index contributed by atoms with van der Waals surface area (Å²) in [6.07, 6.45) is 1.05. The van der Waals surface area contributed by atoms with Crippen LogP contribution in [0.1, 0.15) is 0 Å². The van der Waals surface area contributed by atoms with E-state index >= 15 is 0 Å². The van der Waals surface area contributed by atoms with Gasteiger partial charge in [0.1, 0.15) is 0 Å². The highest BCUT2D eigenvalue weighted by Gasteiger charge is 2.35. The van der Waals surface area contributed by atoms with Crippen LogP contribution in [-0.2, 0) is 29.6 Å². The summed E-state index contributed by atoms with van der Waals surface area (Å²) in [6.45, 7) is -0.0275. The standard InChI is InChI=1S/C11H15N3O6S2.C2H2O4/c1-21(17,18)12-6-8-13(9-7-12)22(19,20)11-5-3-2-4-10(11)14(15)16;3-1(4)2(5)6/h2-5H,6-9H2,1H3;(H,3,4)(H,5,6). The average Bonchev–Trinajstić information content (AvgIpc) is 2.61. The van der Waals surface area contributed by atoms with Gasteiger partial charge in [-0.05, 0) is 6.07 Å². The third-order valence-corrected chi connectivity index (χ3v) is 6.78. The van der Waals surface area contributed by atoms with Crippen molar-refractivity contribution in [3.05, 3.63) is 34.4 Å². The molecule has 0 spiro atoms. The molecule has 1 aliphatic rings. The summed E-state index contributed by atoms with van der Waals surface area (Å²) in [7, 11) is -7.41. The van der Waals surface area contributed by atoms with Gasteiger partial charge in [0.25, 0.3) is 5.69 Å². The van der Waals surface area contributed by atoms with Crippen molar-refractivity contribution >= 4 is 37.7 Å². The van der Waals surface area contributed by atoms with Crippen molar-refractivity contribution in [3.8, 4) is 0 Å². The van der Waals surface area contributed by atoms with Crippen LogP contribution < -0.4 is 0 Å². The predicted octanol–water partition coefficient (Wildman–Crippen LogP) is -0.984. The summed E-state index contributed by atoms with van der Waals surface area (Å²) in [4.78, 5) is 28.0. The molecule has 1 heterocycles. The first-order valence-corrected chi connectivity index (χ1v) is 10.7. The Morgan fingerprint density at radius 3 is 1.79 bits per heavy atom. The minimum absolute atomic E-state index is 0.0265. The molecule has 0 amide bonds. The van der Waals surface area contributed by atoms with Crippen LogP contribution in [0.2, 0.25) is 0 Å². The fourth-order valence-electron chi connectivity index (χ4n) is 2.21. The van der Waals surface area contributed by atoms with Crippen molar-refractivity contribution < 1.29 is 41.6 Å². The quantitative estimate of drug-likeness (QED) is 0.334. The summed E-state index contributed by atoms with van der Waals surface area (Å²) >= 11 is 0. The van der Waals surface area contributed by atoms with Crippen molar-refractivity contribution in [1.29, 1.82) is 0 Å². The highest BCUT2D eigenvalue weighted by molar-refractivity contribution is 7.89. The second kappa shape index (κ2) is 9.05. The number of nitrogens with zero attached hydrogens (tertiary/aromatic N) is 3. The molecule has 1 fully saturated rings. The third-order valence-electron chi connectivity index (χ3n) is 3.53. The summed E-state index contributed by atoms with van der Waals surface area (Å²) < 4.78 is 50.1. The lowest BCUT2D eigenvalue weighted by Gasteiger charge is -2.32. The van der Waals surface area contributed by atoms with E-state index in [1.165, 1.54) is 22.5 Å².